The molecule has 11 heteroatoms. The molecule has 0 aromatic heterocycles. The van der Waals surface area contributed by atoms with Crippen molar-refractivity contribution in [3.8, 4) is 0 Å². The van der Waals surface area contributed by atoms with Gasteiger partial charge in [-0.05, 0) is 6.08 Å². The molecule has 0 aromatic rings. The first-order valence-electron chi connectivity index (χ1n) is 3.69. The Morgan fingerprint density at radius 1 is 1.56 bits per heavy atom. The molecule has 1 aliphatic rings. The zero-order valence-electron chi connectivity index (χ0n) is 7.55. The van der Waals surface area contributed by atoms with Crippen molar-refractivity contribution in [3.63, 3.8) is 0 Å². The highest BCUT2D eigenvalue weighted by atomic mass is 32.3. The van der Waals surface area contributed by atoms with Gasteiger partial charge in [0.05, 0.1) is 4.92 Å². The van der Waals surface area contributed by atoms with Crippen LogP contribution in [-0.2, 0) is 30.5 Å². The first-order chi connectivity index (χ1) is 7.46. The molecule has 0 amide bonds. The van der Waals surface area contributed by atoms with E-state index < -0.39 is 39.9 Å². The average Bonchev–Trinajstić information content (AvgIpc) is 2.17. The molecule has 0 saturated heterocycles. The van der Waals surface area contributed by atoms with Gasteiger partial charge in [0.1, 0.15) is 6.54 Å². The third-order valence-electron chi connectivity index (χ3n) is 1.50. The lowest BCUT2D eigenvalue weighted by molar-refractivity contribution is -0.595. The minimum Gasteiger partial charge on any atom is -0.283 e. The fraction of sp³-hybridized carbons (Fsp3) is 0.400. The molecule has 1 heterocycles. The van der Waals surface area contributed by atoms with Gasteiger partial charge in [-0.2, -0.15) is 12.6 Å². The molecular weight excluding hydrogens is 264 g/mol. The number of rotatable bonds is 5. The quantitative estimate of drug-likeness (QED) is 0.304. The molecule has 0 bridgehead atoms. The van der Waals surface area contributed by atoms with Crippen molar-refractivity contribution in [1.82, 2.24) is 0 Å². The fourth-order valence-corrected chi connectivity index (χ4v) is 1.77. The Labute approximate surface area is 94.7 Å². The minimum atomic E-state index is -2.84. The van der Waals surface area contributed by atoms with E-state index in [1.165, 1.54) is 12.3 Å². The number of aliphatic imine (C=N–C) groups is 1. The molecule has 0 fully saturated rings. The molecular formula is C5H6N2O7S2. The number of hydrogen-bond donors (Lipinski definition) is 1. The third kappa shape index (κ3) is 3.24. The lowest BCUT2D eigenvalue weighted by Crippen LogP contribution is -2.44. The minimum absolute atomic E-state index is 0.399. The van der Waals surface area contributed by atoms with Crippen LogP contribution in [0.25, 0.3) is 0 Å². The van der Waals surface area contributed by atoms with Crippen LogP contribution in [0.15, 0.2) is 17.1 Å². The standard InChI is InChI=1S/C5H6N2O7S2/c8-7(9)5(2-1-3-6-4-5)13-16(12)14-15(10)11/h1-3H,4H2,(H,10,11). The van der Waals surface area contributed by atoms with Crippen molar-refractivity contribution in [1.29, 1.82) is 0 Å². The van der Waals surface area contributed by atoms with Crippen LogP contribution >= 0.6 is 0 Å². The van der Waals surface area contributed by atoms with Crippen LogP contribution in [0.4, 0.5) is 0 Å². The van der Waals surface area contributed by atoms with Crippen molar-refractivity contribution < 1.29 is 25.7 Å². The molecule has 0 saturated carbocycles. The summed E-state index contributed by atoms with van der Waals surface area (Å²) in [6, 6.07) is 0. The summed E-state index contributed by atoms with van der Waals surface area (Å²) in [5.41, 5.74) is -2.14. The highest BCUT2D eigenvalue weighted by molar-refractivity contribution is 7.88. The largest absolute Gasteiger partial charge is 0.377 e. The van der Waals surface area contributed by atoms with Gasteiger partial charge in [0.25, 0.3) is 0 Å². The van der Waals surface area contributed by atoms with Gasteiger partial charge >= 0.3 is 28.4 Å². The molecule has 0 aromatic carbocycles. The van der Waals surface area contributed by atoms with E-state index in [4.69, 9.17) is 4.55 Å². The third-order valence-corrected chi connectivity index (χ3v) is 2.84. The zero-order chi connectivity index (χ0) is 12.2. The first-order valence-corrected chi connectivity index (χ1v) is 5.72. The number of dihydropyridines is 1. The summed E-state index contributed by atoms with van der Waals surface area (Å²) in [7, 11) is 0. The van der Waals surface area contributed by atoms with Crippen LogP contribution in [0.2, 0.25) is 0 Å². The molecule has 3 unspecified atom stereocenters. The predicted octanol–water partition coefficient (Wildman–Crippen LogP) is -0.651. The van der Waals surface area contributed by atoms with Crippen LogP contribution < -0.4 is 0 Å². The molecule has 3 atom stereocenters. The second-order valence-electron chi connectivity index (χ2n) is 2.52. The predicted molar refractivity (Wildman–Crippen MR) is 53.3 cm³/mol. The van der Waals surface area contributed by atoms with Gasteiger partial charge in [0, 0.05) is 12.3 Å². The van der Waals surface area contributed by atoms with Crippen molar-refractivity contribution in [2.24, 2.45) is 4.99 Å². The Balaban J connectivity index is 2.77. The second kappa shape index (κ2) is 5.36. The van der Waals surface area contributed by atoms with Gasteiger partial charge in [0.15, 0.2) is 0 Å². The fourth-order valence-electron chi connectivity index (χ4n) is 0.873. The molecule has 9 nitrogen and oxygen atoms in total. The van der Waals surface area contributed by atoms with E-state index >= 15 is 0 Å². The molecule has 0 aliphatic carbocycles. The summed E-state index contributed by atoms with van der Waals surface area (Å²) in [6.07, 6.45) is 3.56. The summed E-state index contributed by atoms with van der Waals surface area (Å²) in [6.45, 7) is -0.399. The molecule has 16 heavy (non-hydrogen) atoms. The van der Waals surface area contributed by atoms with Crippen LogP contribution in [0.3, 0.4) is 0 Å². The molecule has 0 spiro atoms. The van der Waals surface area contributed by atoms with Gasteiger partial charge < -0.3 is 0 Å². The Hall–Kier alpha value is -1.01. The highest BCUT2D eigenvalue weighted by Crippen LogP contribution is 2.19. The number of nitro groups is 1. The Morgan fingerprint density at radius 2 is 2.25 bits per heavy atom. The average molecular weight is 270 g/mol. The maximum atomic E-state index is 11.0. The SMILES string of the molecule is O=[N+]([O-])C1(OS(=O)OS(=O)O)C=CC=NC1. The first kappa shape index (κ1) is 13.1. The zero-order valence-corrected chi connectivity index (χ0v) is 9.18. The van der Waals surface area contributed by atoms with Crippen LogP contribution in [0.5, 0.6) is 0 Å². The van der Waals surface area contributed by atoms with E-state index in [-0.39, 0.29) is 0 Å². The van der Waals surface area contributed by atoms with Gasteiger partial charge in [0.2, 0.25) is 0 Å². The molecule has 1 aliphatic heterocycles. The van der Waals surface area contributed by atoms with E-state index in [0.29, 0.717) is 0 Å². The summed E-state index contributed by atoms with van der Waals surface area (Å²) >= 11 is -5.57. The maximum absolute atomic E-state index is 11.0. The van der Waals surface area contributed by atoms with Crippen molar-refractivity contribution in [2.45, 2.75) is 5.72 Å². The Kier molecular flexibility index (Phi) is 4.37. The van der Waals surface area contributed by atoms with Crippen LogP contribution in [-0.4, -0.2) is 36.4 Å². The van der Waals surface area contributed by atoms with Crippen LogP contribution in [0, 0.1) is 10.1 Å². The van der Waals surface area contributed by atoms with Gasteiger partial charge in [-0.15, -0.1) is 3.63 Å². The summed E-state index contributed by atoms with van der Waals surface area (Å²) < 4.78 is 37.6. The van der Waals surface area contributed by atoms with E-state index in [2.05, 4.69) is 12.8 Å². The number of allylic oxidation sites excluding steroid dienone is 1. The highest BCUT2D eigenvalue weighted by Gasteiger charge is 2.45. The Morgan fingerprint density at radius 3 is 2.69 bits per heavy atom. The molecule has 90 valence electrons. The van der Waals surface area contributed by atoms with Gasteiger partial charge in [-0.25, -0.2) is 0 Å². The second-order valence-corrected chi connectivity index (χ2v) is 4.08. The van der Waals surface area contributed by atoms with Crippen molar-refractivity contribution in [2.75, 3.05) is 6.54 Å². The number of nitrogens with zero attached hydrogens (tertiary/aromatic N) is 2. The van der Waals surface area contributed by atoms with Gasteiger partial charge in [-0.1, -0.05) is 0 Å². The van der Waals surface area contributed by atoms with E-state index in [9.17, 15) is 18.5 Å². The maximum Gasteiger partial charge on any atom is 0.377 e. The topological polar surface area (TPSA) is 128 Å². The summed E-state index contributed by atoms with van der Waals surface area (Å²) in [5.74, 6) is 0. The lowest BCUT2D eigenvalue weighted by Gasteiger charge is -2.19. The van der Waals surface area contributed by atoms with E-state index in [1.54, 1.807) is 0 Å². The van der Waals surface area contributed by atoms with Crippen LogP contribution in [0.1, 0.15) is 0 Å². The molecule has 1 N–H and O–H groups in total. The van der Waals surface area contributed by atoms with Crippen molar-refractivity contribution in [3.05, 3.63) is 22.3 Å². The summed E-state index contributed by atoms with van der Waals surface area (Å²) in [4.78, 5) is 13.4. The number of hydrogen-bond acceptors (Lipinski definition) is 7. The van der Waals surface area contributed by atoms with Gasteiger partial charge in [-0.3, -0.25) is 19.7 Å². The Bertz CT molecular complexity index is 394. The normalized spacial score (nSPS) is 27.6. The smallest absolute Gasteiger partial charge is 0.283 e. The summed E-state index contributed by atoms with van der Waals surface area (Å²) in [5, 5.41) is 10.7. The van der Waals surface area contributed by atoms with E-state index in [1.807, 2.05) is 0 Å². The monoisotopic (exact) mass is 270 g/mol. The van der Waals surface area contributed by atoms with Crippen molar-refractivity contribution >= 4 is 28.9 Å². The molecule has 0 radical (unpaired) electrons. The van der Waals surface area contributed by atoms with E-state index in [0.717, 1.165) is 6.08 Å². The lowest BCUT2D eigenvalue weighted by atomic mass is 10.2. The molecule has 1 rings (SSSR count).